The molecule has 0 N–H and O–H groups in total. The van der Waals surface area contributed by atoms with Crippen LogP contribution in [0.15, 0.2) is 61.2 Å². The molecule has 28 heteroatoms. The maximum absolute atomic E-state index is 13.8. The van der Waals surface area contributed by atoms with Gasteiger partial charge in [0, 0.05) is 74.6 Å². The zero-order chi connectivity index (χ0) is 61.6. The topological polar surface area (TPSA) is 277 Å². The first-order valence-corrected chi connectivity index (χ1v) is 31.3. The lowest BCUT2D eigenvalue weighted by molar-refractivity contribution is 0.0281. The first kappa shape index (κ1) is 64.7. The van der Waals surface area contributed by atoms with E-state index in [1.54, 1.807) is 83.0 Å². The molecular weight excluding hydrogens is 1170 g/mol. The van der Waals surface area contributed by atoms with Crippen LogP contribution in [0.1, 0.15) is 141 Å². The number of para-hydroxylation sites is 2. The number of likely N-dealkylation sites (tertiary alicyclic amines) is 2. The Bertz CT molecular complexity index is 3230. The Morgan fingerprint density at radius 1 is 0.548 bits per heavy atom. The summed E-state index contributed by atoms with van der Waals surface area (Å²) >= 11 is 11.8. The quantitative estimate of drug-likeness (QED) is 0.0775. The fraction of sp³-hybridized carbons (Fsp3) is 0.536. The van der Waals surface area contributed by atoms with Crippen LogP contribution in [0, 0.1) is 0 Å². The monoisotopic (exact) mass is 1240 g/mol. The van der Waals surface area contributed by atoms with Crippen molar-refractivity contribution in [3.05, 3.63) is 106 Å². The molecule has 4 aromatic heterocycles. The summed E-state index contributed by atoms with van der Waals surface area (Å²) in [4.78, 5) is 45.7. The number of amides is 2. The molecule has 2 aliphatic heterocycles. The van der Waals surface area contributed by atoms with Crippen molar-refractivity contribution in [3.63, 3.8) is 0 Å². The summed E-state index contributed by atoms with van der Waals surface area (Å²) in [7, 11) is -1.51. The number of aromatic nitrogens is 10. The number of hydrogen-bond donors (Lipinski definition) is 0. The Morgan fingerprint density at radius 2 is 0.857 bits per heavy atom. The van der Waals surface area contributed by atoms with Gasteiger partial charge in [0.25, 0.3) is 0 Å². The van der Waals surface area contributed by atoms with Crippen molar-refractivity contribution in [2.24, 2.45) is 0 Å². The number of hydrogen-bond acceptors (Lipinski definition) is 20. The highest BCUT2D eigenvalue weighted by Crippen LogP contribution is 2.41. The minimum absolute atomic E-state index is 0.194. The largest absolute Gasteiger partial charge is 0.494 e. The lowest BCUT2D eigenvalue weighted by Gasteiger charge is -2.24. The van der Waals surface area contributed by atoms with E-state index in [9.17, 15) is 26.4 Å². The molecule has 2 aliphatic rings. The second-order valence-corrected chi connectivity index (χ2v) is 28.2. The van der Waals surface area contributed by atoms with Gasteiger partial charge >= 0.3 is 12.2 Å². The van der Waals surface area contributed by atoms with Gasteiger partial charge in [-0.05, 0) is 92.5 Å². The summed E-state index contributed by atoms with van der Waals surface area (Å²) in [5.74, 6) is 1.59. The number of benzene rings is 2. The highest BCUT2D eigenvalue weighted by atomic mass is 35.5. The van der Waals surface area contributed by atoms with E-state index in [1.165, 1.54) is 53.2 Å². The summed E-state index contributed by atoms with van der Waals surface area (Å²) in [6.45, 7) is 19.2. The Kier molecular flexibility index (Phi) is 20.5. The van der Waals surface area contributed by atoms with Crippen molar-refractivity contribution in [2.75, 3.05) is 54.6 Å². The van der Waals surface area contributed by atoms with Gasteiger partial charge in [0.2, 0.25) is 0 Å². The Labute approximate surface area is 500 Å². The number of sulfone groups is 2. The molecule has 0 unspecified atom stereocenters. The highest BCUT2D eigenvalue weighted by Gasteiger charge is 2.40. The van der Waals surface area contributed by atoms with Crippen molar-refractivity contribution in [1.29, 1.82) is 0 Å². The van der Waals surface area contributed by atoms with Gasteiger partial charge in [-0.2, -0.15) is 0 Å². The van der Waals surface area contributed by atoms with E-state index >= 15 is 0 Å². The highest BCUT2D eigenvalue weighted by molar-refractivity contribution is 7.91. The van der Waals surface area contributed by atoms with Crippen LogP contribution in [0.25, 0.3) is 11.4 Å². The zero-order valence-electron chi connectivity index (χ0n) is 49.7. The molecule has 2 amide bonds. The van der Waals surface area contributed by atoms with Crippen LogP contribution >= 0.6 is 23.2 Å². The smallest absolute Gasteiger partial charge is 0.410 e. The predicted molar refractivity (Wildman–Crippen MR) is 314 cm³/mol. The molecule has 24 nitrogen and oxygen atoms in total. The van der Waals surface area contributed by atoms with Crippen LogP contribution in [-0.2, 0) is 40.7 Å². The molecular formula is C56H74Cl2N12O12S2. The molecule has 0 bridgehead atoms. The third-order valence-electron chi connectivity index (χ3n) is 14.5. The van der Waals surface area contributed by atoms with Gasteiger partial charge < -0.3 is 38.2 Å². The number of nitrogens with zero attached hydrogens (tertiary/aromatic N) is 12. The van der Waals surface area contributed by atoms with Gasteiger partial charge in [-0.15, -0.1) is 20.4 Å². The van der Waals surface area contributed by atoms with Gasteiger partial charge in [-0.3, -0.25) is 9.13 Å². The molecule has 8 rings (SSSR count). The Balaban J connectivity index is 0.000000241. The number of ether oxygens (including phenoxy) is 6. The number of rotatable bonds is 18. The Hall–Kier alpha value is -6.90. The summed E-state index contributed by atoms with van der Waals surface area (Å²) in [6, 6.07) is 10.6. The fourth-order valence-corrected chi connectivity index (χ4v) is 13.0. The number of methoxy groups -OCH3 is 4. The van der Waals surface area contributed by atoms with Crippen LogP contribution < -0.4 is 18.9 Å². The lowest BCUT2D eigenvalue weighted by atomic mass is 10.1. The number of carbonyl (C=O) groups is 2. The van der Waals surface area contributed by atoms with Crippen LogP contribution in [0.4, 0.5) is 9.59 Å². The van der Waals surface area contributed by atoms with Crippen molar-refractivity contribution in [3.8, 4) is 34.4 Å². The molecule has 6 aromatic rings. The molecule has 6 heterocycles. The predicted octanol–water partition coefficient (Wildman–Crippen LogP) is 9.12. The summed E-state index contributed by atoms with van der Waals surface area (Å²) in [6.07, 6.45) is 6.11. The van der Waals surface area contributed by atoms with Crippen molar-refractivity contribution >= 4 is 55.1 Å². The number of carbonyl (C=O) groups excluding carboxylic acids is 2. The first-order chi connectivity index (χ1) is 39.5. The number of halogens is 2. The molecule has 0 radical (unpaired) electrons. The van der Waals surface area contributed by atoms with Crippen molar-refractivity contribution < 1.29 is 54.8 Å². The van der Waals surface area contributed by atoms with E-state index in [0.29, 0.717) is 107 Å². The second kappa shape index (κ2) is 26.6. The van der Waals surface area contributed by atoms with E-state index in [2.05, 4.69) is 40.3 Å². The summed E-state index contributed by atoms with van der Waals surface area (Å²) < 4.78 is 92.3. The molecule has 6 atom stereocenters. The fourth-order valence-electron chi connectivity index (χ4n) is 9.67. The third-order valence-corrected chi connectivity index (χ3v) is 19.3. The third kappa shape index (κ3) is 15.1. The normalized spacial score (nSPS) is 17.1. The minimum atomic E-state index is -3.80. The molecule has 0 aliphatic carbocycles. The standard InChI is InChI=1S/2C28H37ClN6O6S/c2*1-17(25-30-13-20(29)14-31-25)18(2)42(37,38)16-23-32-33-26(19-11-12-34(15-19)27(36)41-28(3,4)5)35(23)24-21(39-6)9-8-10-22(24)40-7/h2*8-10,13-14,17-19H,11-12,15-16H2,1-7H3/t17-,18-,19+;17-,18-,19-/m00/s1. The summed E-state index contributed by atoms with van der Waals surface area (Å²) in [5.41, 5.74) is -0.311. The van der Waals surface area contributed by atoms with Gasteiger partial charge in [0.15, 0.2) is 31.3 Å². The van der Waals surface area contributed by atoms with Crippen LogP contribution in [0.3, 0.4) is 0 Å². The maximum atomic E-state index is 13.8. The van der Waals surface area contributed by atoms with E-state index in [-0.39, 0.29) is 23.5 Å². The van der Waals surface area contributed by atoms with E-state index in [4.69, 9.17) is 51.6 Å². The van der Waals surface area contributed by atoms with Gasteiger partial charge in [0.05, 0.1) is 49.0 Å². The zero-order valence-corrected chi connectivity index (χ0v) is 52.9. The SMILES string of the molecule is COc1cccc(OC)c1-n1c(CS(=O)(=O)[C@@H](C)[C@H](C)c2ncc(Cl)cn2)nnc1[C@@H]1CCN(C(=O)OC(C)(C)C)C1.COc1cccc(OC)c1-n1c(CS(=O)(=O)[C@@H](C)[C@H](C)c2ncc(Cl)cn2)nnc1[C@H]1CCN(C(=O)OC(C)(C)C)C1. The average molecular weight is 1240 g/mol. The minimum Gasteiger partial charge on any atom is -0.494 e. The van der Waals surface area contributed by atoms with Crippen LogP contribution in [0.2, 0.25) is 10.0 Å². The first-order valence-electron chi connectivity index (χ1n) is 27.2. The van der Waals surface area contributed by atoms with E-state index < -0.39 is 76.9 Å². The Morgan fingerprint density at radius 3 is 1.14 bits per heavy atom. The van der Waals surface area contributed by atoms with Crippen LogP contribution in [0.5, 0.6) is 23.0 Å². The second-order valence-electron chi connectivity index (χ2n) is 22.6. The maximum Gasteiger partial charge on any atom is 0.410 e. The molecule has 456 valence electrons. The van der Waals surface area contributed by atoms with Crippen molar-refractivity contribution in [2.45, 2.75) is 139 Å². The molecule has 0 saturated carbocycles. The average Bonchev–Trinajstić information content (AvgIpc) is 1.92. The molecule has 84 heavy (non-hydrogen) atoms. The summed E-state index contributed by atoms with van der Waals surface area (Å²) in [5, 5.41) is 16.7. The molecule has 2 fully saturated rings. The van der Waals surface area contributed by atoms with Gasteiger partial charge in [0.1, 0.15) is 80.4 Å². The van der Waals surface area contributed by atoms with Gasteiger partial charge in [-0.1, -0.05) is 49.2 Å². The molecule has 0 spiro atoms. The van der Waals surface area contributed by atoms with E-state index in [0.717, 1.165) is 0 Å². The molecule has 2 saturated heterocycles. The molecule has 2 aromatic carbocycles. The lowest BCUT2D eigenvalue weighted by Crippen LogP contribution is -2.35. The van der Waals surface area contributed by atoms with Crippen LogP contribution in [-0.4, -0.2) is 165 Å². The van der Waals surface area contributed by atoms with Crippen molar-refractivity contribution in [1.82, 2.24) is 59.3 Å². The van der Waals surface area contributed by atoms with Gasteiger partial charge in [-0.25, -0.2) is 46.4 Å². The van der Waals surface area contributed by atoms with E-state index in [1.807, 2.05) is 41.5 Å².